The number of ether oxygens (including phenoxy) is 2. The topological polar surface area (TPSA) is 93.1 Å². The van der Waals surface area contributed by atoms with Gasteiger partial charge in [-0.2, -0.15) is 0 Å². The number of carboxylic acid groups (broad SMARTS) is 2. The van der Waals surface area contributed by atoms with Crippen molar-refractivity contribution in [2.24, 2.45) is 0 Å². The van der Waals surface area contributed by atoms with Crippen molar-refractivity contribution in [1.82, 2.24) is 0 Å². The third-order valence-electron chi connectivity index (χ3n) is 1.61. The Morgan fingerprint density at radius 2 is 1.69 bits per heavy atom. The Morgan fingerprint density at radius 1 is 1.23 bits per heavy atom. The summed E-state index contributed by atoms with van der Waals surface area (Å²) in [6, 6.07) is 0. The summed E-state index contributed by atoms with van der Waals surface area (Å²) < 4.78 is 8.77. The minimum atomic E-state index is -1.47. The van der Waals surface area contributed by atoms with Gasteiger partial charge < -0.3 is 19.7 Å². The van der Waals surface area contributed by atoms with Gasteiger partial charge in [-0.25, -0.2) is 9.59 Å². The minimum Gasteiger partial charge on any atom is -0.450 e. The second-order valence-corrected chi connectivity index (χ2v) is 3.00. The Morgan fingerprint density at radius 3 is 2.00 bits per heavy atom. The molecule has 0 fully saturated rings. The average Bonchev–Trinajstić information content (AvgIpc) is 1.81. The first kappa shape index (κ1) is 11.5. The highest BCUT2D eigenvalue weighted by Gasteiger charge is 2.33. The molecule has 6 heteroatoms. The summed E-state index contributed by atoms with van der Waals surface area (Å²) in [6.07, 6.45) is -3.79. The van der Waals surface area contributed by atoms with Gasteiger partial charge in [0.05, 0.1) is 0 Å². The lowest BCUT2D eigenvalue weighted by Crippen LogP contribution is -2.41. The normalized spacial score (nSPS) is 13.2. The molecular formula is C7H12O6. The summed E-state index contributed by atoms with van der Waals surface area (Å²) in [5.74, 6) is 0. The highest BCUT2D eigenvalue weighted by Crippen LogP contribution is 2.17. The standard InChI is InChI=1S/C7H12O6/c1-4(12-5(8)9)7(2,3)13-6(10)11/h4H,1-3H3,(H,8,9)(H,10,11). The van der Waals surface area contributed by atoms with Crippen LogP contribution in [-0.4, -0.2) is 34.2 Å². The molecule has 0 bridgehead atoms. The quantitative estimate of drug-likeness (QED) is 0.659. The zero-order valence-electron chi connectivity index (χ0n) is 7.60. The van der Waals surface area contributed by atoms with E-state index in [1.165, 1.54) is 20.8 Å². The van der Waals surface area contributed by atoms with Gasteiger partial charge in [0.15, 0.2) is 0 Å². The Labute approximate surface area is 75.1 Å². The van der Waals surface area contributed by atoms with E-state index in [-0.39, 0.29) is 0 Å². The summed E-state index contributed by atoms with van der Waals surface area (Å²) in [5, 5.41) is 16.6. The van der Waals surface area contributed by atoms with E-state index in [9.17, 15) is 9.59 Å². The Kier molecular flexibility index (Phi) is 3.53. The van der Waals surface area contributed by atoms with Crippen molar-refractivity contribution < 1.29 is 29.3 Å². The van der Waals surface area contributed by atoms with Crippen molar-refractivity contribution in [2.45, 2.75) is 32.5 Å². The van der Waals surface area contributed by atoms with E-state index in [1.807, 2.05) is 0 Å². The highest BCUT2D eigenvalue weighted by molar-refractivity contribution is 5.58. The molecule has 1 unspecified atom stereocenters. The molecule has 0 amide bonds. The highest BCUT2D eigenvalue weighted by atomic mass is 16.7. The lowest BCUT2D eigenvalue weighted by molar-refractivity contribution is -0.0805. The first-order valence-corrected chi connectivity index (χ1v) is 3.57. The largest absolute Gasteiger partial charge is 0.506 e. The fraction of sp³-hybridized carbons (Fsp3) is 0.714. The van der Waals surface area contributed by atoms with Crippen molar-refractivity contribution in [2.75, 3.05) is 0 Å². The maximum atomic E-state index is 10.2. The molecule has 0 saturated heterocycles. The second-order valence-electron chi connectivity index (χ2n) is 3.00. The summed E-state index contributed by atoms with van der Waals surface area (Å²) >= 11 is 0. The predicted octanol–water partition coefficient (Wildman–Crippen LogP) is 1.54. The van der Waals surface area contributed by atoms with Gasteiger partial charge in [0.1, 0.15) is 11.7 Å². The molecule has 0 aliphatic heterocycles. The number of hydrogen-bond acceptors (Lipinski definition) is 4. The number of rotatable bonds is 3. The van der Waals surface area contributed by atoms with Crippen LogP contribution in [0, 0.1) is 0 Å². The van der Waals surface area contributed by atoms with Crippen LogP contribution in [0.1, 0.15) is 20.8 Å². The molecule has 0 aromatic heterocycles. The van der Waals surface area contributed by atoms with Gasteiger partial charge in [0.2, 0.25) is 0 Å². The number of hydrogen-bond donors (Lipinski definition) is 2. The molecule has 0 aromatic rings. The van der Waals surface area contributed by atoms with E-state index >= 15 is 0 Å². The maximum Gasteiger partial charge on any atom is 0.506 e. The Bertz CT molecular complexity index is 209. The molecule has 0 saturated carbocycles. The van der Waals surface area contributed by atoms with Crippen molar-refractivity contribution >= 4 is 12.3 Å². The molecule has 13 heavy (non-hydrogen) atoms. The zero-order valence-corrected chi connectivity index (χ0v) is 7.60. The zero-order chi connectivity index (χ0) is 10.6. The molecule has 0 spiro atoms. The molecule has 6 nitrogen and oxygen atoms in total. The van der Waals surface area contributed by atoms with Gasteiger partial charge in [0, 0.05) is 0 Å². The van der Waals surface area contributed by atoms with Crippen LogP contribution in [0.2, 0.25) is 0 Å². The van der Waals surface area contributed by atoms with Crippen molar-refractivity contribution in [3.8, 4) is 0 Å². The lowest BCUT2D eigenvalue weighted by atomic mass is 10.0. The molecule has 0 rings (SSSR count). The SMILES string of the molecule is CC(OC(=O)O)C(C)(C)OC(=O)O. The maximum absolute atomic E-state index is 10.2. The van der Waals surface area contributed by atoms with Gasteiger partial charge in [0.25, 0.3) is 0 Å². The molecule has 0 radical (unpaired) electrons. The second kappa shape index (κ2) is 3.97. The van der Waals surface area contributed by atoms with Crippen LogP contribution in [0.15, 0.2) is 0 Å². The third-order valence-corrected chi connectivity index (χ3v) is 1.61. The monoisotopic (exact) mass is 192 g/mol. The Hall–Kier alpha value is -1.46. The number of carbonyl (C=O) groups is 2. The van der Waals surface area contributed by atoms with Crippen LogP contribution in [0.25, 0.3) is 0 Å². The van der Waals surface area contributed by atoms with E-state index < -0.39 is 24.0 Å². The summed E-state index contributed by atoms with van der Waals surface area (Å²) in [4.78, 5) is 20.3. The first-order chi connectivity index (χ1) is 5.75. The molecule has 1 atom stereocenters. The smallest absolute Gasteiger partial charge is 0.450 e. The fourth-order valence-electron chi connectivity index (χ4n) is 0.601. The molecule has 0 aromatic carbocycles. The van der Waals surface area contributed by atoms with E-state index in [2.05, 4.69) is 9.47 Å². The van der Waals surface area contributed by atoms with E-state index in [1.54, 1.807) is 0 Å². The van der Waals surface area contributed by atoms with Crippen molar-refractivity contribution in [3.63, 3.8) is 0 Å². The van der Waals surface area contributed by atoms with Gasteiger partial charge in [-0.1, -0.05) is 0 Å². The predicted molar refractivity (Wildman–Crippen MR) is 41.8 cm³/mol. The van der Waals surface area contributed by atoms with Crippen LogP contribution in [0.3, 0.4) is 0 Å². The van der Waals surface area contributed by atoms with Crippen molar-refractivity contribution in [3.05, 3.63) is 0 Å². The molecule has 76 valence electrons. The summed E-state index contributed by atoms with van der Waals surface area (Å²) in [5.41, 5.74) is -1.19. The third kappa shape index (κ3) is 4.19. The average molecular weight is 192 g/mol. The van der Waals surface area contributed by atoms with E-state index in [0.29, 0.717) is 0 Å². The van der Waals surface area contributed by atoms with Gasteiger partial charge >= 0.3 is 12.3 Å². The fourth-order valence-corrected chi connectivity index (χ4v) is 0.601. The molecule has 0 aliphatic carbocycles. The van der Waals surface area contributed by atoms with Crippen molar-refractivity contribution in [1.29, 1.82) is 0 Å². The van der Waals surface area contributed by atoms with Crippen LogP contribution in [-0.2, 0) is 9.47 Å². The molecule has 0 heterocycles. The molecular weight excluding hydrogens is 180 g/mol. The minimum absolute atomic E-state index is 0.860. The lowest BCUT2D eigenvalue weighted by Gasteiger charge is -2.28. The van der Waals surface area contributed by atoms with Gasteiger partial charge in [-0.3, -0.25) is 0 Å². The van der Waals surface area contributed by atoms with Gasteiger partial charge in [-0.15, -0.1) is 0 Å². The van der Waals surface area contributed by atoms with Crippen LogP contribution < -0.4 is 0 Å². The van der Waals surface area contributed by atoms with Crippen LogP contribution >= 0.6 is 0 Å². The van der Waals surface area contributed by atoms with E-state index in [4.69, 9.17) is 10.2 Å². The summed E-state index contributed by atoms with van der Waals surface area (Å²) in [7, 11) is 0. The van der Waals surface area contributed by atoms with Gasteiger partial charge in [-0.05, 0) is 20.8 Å². The van der Waals surface area contributed by atoms with Crippen LogP contribution in [0.5, 0.6) is 0 Å². The Balaban J connectivity index is 4.25. The molecule has 0 aliphatic rings. The summed E-state index contributed by atoms with van der Waals surface area (Å²) in [6.45, 7) is 4.26. The first-order valence-electron chi connectivity index (χ1n) is 3.57. The molecule has 2 N–H and O–H groups in total. The van der Waals surface area contributed by atoms with Crippen LogP contribution in [0.4, 0.5) is 9.59 Å². The van der Waals surface area contributed by atoms with E-state index in [0.717, 1.165) is 0 Å².